The van der Waals surface area contributed by atoms with Crippen LogP contribution in [0, 0.1) is 6.92 Å². The van der Waals surface area contributed by atoms with Gasteiger partial charge in [-0.1, -0.05) is 35.9 Å². The fourth-order valence-corrected chi connectivity index (χ4v) is 5.14. The number of hydrogen-bond donors (Lipinski definition) is 0. The first-order chi connectivity index (χ1) is 12.6. The van der Waals surface area contributed by atoms with Crippen LogP contribution in [0.25, 0.3) is 0 Å². The molecule has 2 saturated heterocycles. The number of nitrogens with zero attached hydrogens (tertiary/aromatic N) is 1. The Morgan fingerprint density at radius 2 is 1.58 bits per heavy atom. The van der Waals surface area contributed by atoms with E-state index in [1.807, 2.05) is 0 Å². The van der Waals surface area contributed by atoms with Gasteiger partial charge in [0.05, 0.1) is 14.2 Å². The second-order valence-electron chi connectivity index (χ2n) is 7.86. The topological polar surface area (TPSA) is 21.7 Å². The van der Waals surface area contributed by atoms with Crippen LogP contribution in [0.5, 0.6) is 11.5 Å². The Morgan fingerprint density at radius 3 is 2.27 bits per heavy atom. The number of piperidine rings is 1. The van der Waals surface area contributed by atoms with Crippen LogP contribution in [-0.4, -0.2) is 38.3 Å². The van der Waals surface area contributed by atoms with Crippen LogP contribution in [0.15, 0.2) is 42.5 Å². The summed E-state index contributed by atoms with van der Waals surface area (Å²) in [5.41, 5.74) is 4.16. The second-order valence-corrected chi connectivity index (χ2v) is 7.86. The van der Waals surface area contributed by atoms with Gasteiger partial charge in [-0.3, -0.25) is 4.90 Å². The van der Waals surface area contributed by atoms with Crippen molar-refractivity contribution in [3.63, 3.8) is 0 Å². The first-order valence-corrected chi connectivity index (χ1v) is 9.62. The average Bonchev–Trinajstić information content (AvgIpc) is 2.90. The zero-order valence-electron chi connectivity index (χ0n) is 16.2. The minimum Gasteiger partial charge on any atom is -0.493 e. The maximum atomic E-state index is 5.59. The van der Waals surface area contributed by atoms with Gasteiger partial charge in [0.1, 0.15) is 0 Å². The molecule has 26 heavy (non-hydrogen) atoms. The highest BCUT2D eigenvalue weighted by atomic mass is 16.5. The van der Waals surface area contributed by atoms with E-state index in [-0.39, 0.29) is 0 Å². The summed E-state index contributed by atoms with van der Waals surface area (Å²) in [5.74, 6) is 2.68. The zero-order valence-corrected chi connectivity index (χ0v) is 16.2. The summed E-state index contributed by atoms with van der Waals surface area (Å²) in [5, 5.41) is 0. The van der Waals surface area contributed by atoms with Gasteiger partial charge in [0.15, 0.2) is 11.5 Å². The Morgan fingerprint density at radius 1 is 0.885 bits per heavy atom. The quantitative estimate of drug-likeness (QED) is 0.794. The molecule has 3 nitrogen and oxygen atoms in total. The molecule has 0 saturated carbocycles. The molecule has 4 atom stereocenters. The molecule has 2 aromatic carbocycles. The molecule has 2 aliphatic rings. The Hall–Kier alpha value is -2.00. The van der Waals surface area contributed by atoms with Gasteiger partial charge < -0.3 is 9.47 Å². The summed E-state index contributed by atoms with van der Waals surface area (Å²) in [6.45, 7) is 2.16. The Kier molecular flexibility index (Phi) is 4.66. The summed E-state index contributed by atoms with van der Waals surface area (Å²) >= 11 is 0. The summed E-state index contributed by atoms with van der Waals surface area (Å²) in [6.07, 6.45) is 3.82. The van der Waals surface area contributed by atoms with Crippen LogP contribution in [0.4, 0.5) is 0 Å². The van der Waals surface area contributed by atoms with E-state index in [1.165, 1.54) is 36.0 Å². The molecular weight excluding hydrogens is 322 g/mol. The van der Waals surface area contributed by atoms with Gasteiger partial charge in [-0.2, -0.15) is 0 Å². The van der Waals surface area contributed by atoms with Crippen LogP contribution >= 0.6 is 0 Å². The molecule has 2 aliphatic heterocycles. The molecule has 0 aromatic heterocycles. The minimum atomic E-state index is 0.487. The number of rotatable bonds is 4. The molecule has 0 aliphatic carbocycles. The van der Waals surface area contributed by atoms with E-state index in [0.29, 0.717) is 23.9 Å². The lowest BCUT2D eigenvalue weighted by molar-refractivity contribution is 0.137. The molecule has 0 spiro atoms. The largest absolute Gasteiger partial charge is 0.493 e. The SMILES string of the molecule is COc1ccc([C@@H]2C3CCC(C[C@@H]2c2ccc(C)cc2)N3C)cc1OC. The minimum absolute atomic E-state index is 0.487. The summed E-state index contributed by atoms with van der Waals surface area (Å²) < 4.78 is 11.0. The smallest absolute Gasteiger partial charge is 0.160 e. The van der Waals surface area contributed by atoms with Crippen molar-refractivity contribution < 1.29 is 9.47 Å². The van der Waals surface area contributed by atoms with E-state index < -0.39 is 0 Å². The summed E-state index contributed by atoms with van der Waals surface area (Å²) in [7, 11) is 5.72. The van der Waals surface area contributed by atoms with Crippen molar-refractivity contribution in [2.75, 3.05) is 21.3 Å². The average molecular weight is 351 g/mol. The molecule has 2 bridgehead atoms. The maximum absolute atomic E-state index is 5.59. The van der Waals surface area contributed by atoms with Crippen LogP contribution in [0.3, 0.4) is 0 Å². The monoisotopic (exact) mass is 351 g/mol. The number of fused-ring (bicyclic) bond motifs is 2. The van der Waals surface area contributed by atoms with Crippen molar-refractivity contribution in [2.24, 2.45) is 0 Å². The predicted octanol–water partition coefficient (Wildman–Crippen LogP) is 4.75. The van der Waals surface area contributed by atoms with Crippen molar-refractivity contribution in [1.29, 1.82) is 0 Å². The van der Waals surface area contributed by atoms with Crippen LogP contribution in [0.2, 0.25) is 0 Å². The van der Waals surface area contributed by atoms with Crippen LogP contribution < -0.4 is 9.47 Å². The number of ether oxygens (including phenoxy) is 2. The highest BCUT2D eigenvalue weighted by molar-refractivity contribution is 5.46. The van der Waals surface area contributed by atoms with E-state index in [9.17, 15) is 0 Å². The zero-order chi connectivity index (χ0) is 18.3. The second kappa shape index (κ2) is 6.96. The van der Waals surface area contributed by atoms with Gasteiger partial charge in [-0.15, -0.1) is 0 Å². The number of hydrogen-bond acceptors (Lipinski definition) is 3. The molecule has 4 rings (SSSR count). The first kappa shape index (κ1) is 17.4. The Balaban J connectivity index is 1.77. The Labute approximate surface area is 156 Å². The normalized spacial score (nSPS) is 28.2. The summed E-state index contributed by atoms with van der Waals surface area (Å²) in [6, 6.07) is 17.0. The lowest BCUT2D eigenvalue weighted by Gasteiger charge is -2.44. The van der Waals surface area contributed by atoms with Crippen LogP contribution in [0.1, 0.15) is 47.8 Å². The van der Waals surface area contributed by atoms with Gasteiger partial charge >= 0.3 is 0 Å². The van der Waals surface area contributed by atoms with E-state index in [0.717, 1.165) is 11.5 Å². The van der Waals surface area contributed by atoms with E-state index in [4.69, 9.17) is 9.47 Å². The van der Waals surface area contributed by atoms with Gasteiger partial charge in [-0.05, 0) is 62.4 Å². The standard InChI is InChI=1S/C23H29NO2/c1-15-5-7-16(8-6-15)19-14-18-10-11-20(24(18)2)23(19)17-9-12-21(25-3)22(13-17)26-4/h5-9,12-13,18-20,23H,10-11,14H2,1-4H3/t18?,19-,20?,23+/m1/s1. The number of aryl methyl sites for hydroxylation is 1. The van der Waals surface area contributed by atoms with Crippen molar-refractivity contribution in [2.45, 2.75) is 50.1 Å². The molecule has 0 N–H and O–H groups in total. The number of likely N-dealkylation sites (N-methyl/N-ethyl adjacent to an activating group) is 1. The third-order valence-electron chi connectivity index (χ3n) is 6.57. The van der Waals surface area contributed by atoms with Crippen molar-refractivity contribution in [3.05, 3.63) is 59.2 Å². The highest BCUT2D eigenvalue weighted by Crippen LogP contribution is 2.51. The molecule has 2 fully saturated rings. The molecule has 2 aromatic rings. The number of methoxy groups -OCH3 is 2. The molecule has 0 amide bonds. The molecule has 2 unspecified atom stereocenters. The highest BCUT2D eigenvalue weighted by Gasteiger charge is 2.46. The Bertz CT molecular complexity index is 770. The van der Waals surface area contributed by atoms with Gasteiger partial charge in [-0.25, -0.2) is 0 Å². The van der Waals surface area contributed by atoms with Crippen molar-refractivity contribution >= 4 is 0 Å². The fourth-order valence-electron chi connectivity index (χ4n) is 5.14. The lowest BCUT2D eigenvalue weighted by Crippen LogP contribution is -2.44. The van der Waals surface area contributed by atoms with E-state index in [1.54, 1.807) is 14.2 Å². The van der Waals surface area contributed by atoms with Gasteiger partial charge in [0.25, 0.3) is 0 Å². The van der Waals surface area contributed by atoms with Crippen LogP contribution in [-0.2, 0) is 0 Å². The maximum Gasteiger partial charge on any atom is 0.160 e. The molecule has 3 heteroatoms. The first-order valence-electron chi connectivity index (χ1n) is 9.62. The molecule has 138 valence electrons. The summed E-state index contributed by atoms with van der Waals surface area (Å²) in [4.78, 5) is 2.62. The van der Waals surface area contributed by atoms with E-state index in [2.05, 4.69) is 61.3 Å². The lowest BCUT2D eigenvalue weighted by atomic mass is 9.72. The fraction of sp³-hybridized carbons (Fsp3) is 0.478. The predicted molar refractivity (Wildman–Crippen MR) is 105 cm³/mol. The van der Waals surface area contributed by atoms with E-state index >= 15 is 0 Å². The van der Waals surface area contributed by atoms with Gasteiger partial charge in [0, 0.05) is 18.0 Å². The third-order valence-corrected chi connectivity index (χ3v) is 6.57. The van der Waals surface area contributed by atoms with Gasteiger partial charge in [0.2, 0.25) is 0 Å². The number of benzene rings is 2. The van der Waals surface area contributed by atoms with Crippen molar-refractivity contribution in [1.82, 2.24) is 4.90 Å². The molecule has 0 radical (unpaired) electrons. The third kappa shape index (κ3) is 2.88. The molecular formula is C23H29NO2. The van der Waals surface area contributed by atoms with Crippen molar-refractivity contribution in [3.8, 4) is 11.5 Å². The molecule has 2 heterocycles.